The first-order chi connectivity index (χ1) is 12.8. The summed E-state index contributed by atoms with van der Waals surface area (Å²) in [6, 6.07) is 14.4. The Morgan fingerprint density at radius 3 is 2.19 bits per heavy atom. The molecule has 2 aromatic rings. The van der Waals surface area contributed by atoms with Gasteiger partial charge in [-0.15, -0.1) is 0 Å². The van der Waals surface area contributed by atoms with Crippen molar-refractivity contribution in [3.8, 4) is 5.75 Å². The van der Waals surface area contributed by atoms with Crippen molar-refractivity contribution >= 4 is 23.4 Å². The maximum Gasteiger partial charge on any atom is 0.269 e. The Morgan fingerprint density at radius 2 is 1.59 bits per heavy atom. The molecule has 0 aliphatic rings. The summed E-state index contributed by atoms with van der Waals surface area (Å²) in [5, 5.41) is 0.545. The van der Waals surface area contributed by atoms with Gasteiger partial charge in [-0.25, -0.2) is 0 Å². The molecular formula is C21H25ClN2O3. The SMILES string of the molecule is CC(C)(C)c1ccc(OCCCC(=O)NNC(=O)c2ccc(Cl)cc2)cc1. The van der Waals surface area contributed by atoms with Crippen molar-refractivity contribution < 1.29 is 14.3 Å². The standard InChI is InChI=1S/C21H25ClN2O3/c1-21(2,3)16-8-12-18(13-9-16)27-14-4-5-19(25)23-24-20(26)15-6-10-17(22)11-7-15/h6-13H,4-5,14H2,1-3H3,(H,23,25)(H,24,26). The van der Waals surface area contributed by atoms with E-state index in [1.807, 2.05) is 24.3 Å². The zero-order valence-corrected chi connectivity index (χ0v) is 16.6. The zero-order chi connectivity index (χ0) is 19.9. The Bertz CT molecular complexity index is 766. The summed E-state index contributed by atoms with van der Waals surface area (Å²) in [4.78, 5) is 23.7. The zero-order valence-electron chi connectivity index (χ0n) is 15.8. The molecule has 6 heteroatoms. The minimum atomic E-state index is -0.393. The molecule has 2 N–H and O–H groups in total. The van der Waals surface area contributed by atoms with Crippen LogP contribution in [0, 0.1) is 0 Å². The Labute approximate surface area is 165 Å². The number of amides is 2. The molecule has 144 valence electrons. The molecule has 2 rings (SSSR count). The molecule has 0 atom stereocenters. The second kappa shape index (κ2) is 9.42. The third kappa shape index (κ3) is 6.94. The fraction of sp³-hybridized carbons (Fsp3) is 0.333. The van der Waals surface area contributed by atoms with Gasteiger partial charge in [-0.1, -0.05) is 44.5 Å². The minimum absolute atomic E-state index is 0.104. The molecule has 0 aliphatic carbocycles. The Hall–Kier alpha value is -2.53. The fourth-order valence-electron chi connectivity index (χ4n) is 2.34. The number of hydrogen-bond acceptors (Lipinski definition) is 3. The van der Waals surface area contributed by atoms with E-state index in [4.69, 9.17) is 16.3 Å². The van der Waals surface area contributed by atoms with Gasteiger partial charge in [0.2, 0.25) is 5.91 Å². The van der Waals surface area contributed by atoms with Gasteiger partial charge in [0.05, 0.1) is 6.61 Å². The number of carbonyl (C=O) groups is 2. The average Bonchev–Trinajstić information content (AvgIpc) is 2.63. The van der Waals surface area contributed by atoms with Crippen LogP contribution in [0.2, 0.25) is 5.02 Å². The molecule has 0 saturated heterocycles. The highest BCUT2D eigenvalue weighted by Gasteiger charge is 2.13. The van der Waals surface area contributed by atoms with E-state index in [2.05, 4.69) is 31.6 Å². The number of carbonyl (C=O) groups excluding carboxylic acids is 2. The molecule has 0 spiro atoms. The van der Waals surface area contributed by atoms with Gasteiger partial charge >= 0.3 is 0 Å². The van der Waals surface area contributed by atoms with E-state index >= 15 is 0 Å². The largest absolute Gasteiger partial charge is 0.494 e. The molecule has 5 nitrogen and oxygen atoms in total. The Balaban J connectivity index is 1.66. The lowest BCUT2D eigenvalue weighted by Gasteiger charge is -2.19. The second-order valence-corrected chi connectivity index (χ2v) is 7.67. The fourth-order valence-corrected chi connectivity index (χ4v) is 2.46. The van der Waals surface area contributed by atoms with Crippen LogP contribution >= 0.6 is 11.6 Å². The van der Waals surface area contributed by atoms with E-state index in [1.54, 1.807) is 24.3 Å². The molecule has 0 fully saturated rings. The quantitative estimate of drug-likeness (QED) is 0.574. The van der Waals surface area contributed by atoms with Crippen molar-refractivity contribution in [2.24, 2.45) is 0 Å². The number of hydrogen-bond donors (Lipinski definition) is 2. The van der Waals surface area contributed by atoms with Crippen LogP contribution in [0.4, 0.5) is 0 Å². The van der Waals surface area contributed by atoms with Gasteiger partial charge in [0.25, 0.3) is 5.91 Å². The molecule has 27 heavy (non-hydrogen) atoms. The third-order valence-electron chi connectivity index (χ3n) is 3.96. The highest BCUT2D eigenvalue weighted by atomic mass is 35.5. The van der Waals surface area contributed by atoms with Crippen LogP contribution in [0.5, 0.6) is 5.75 Å². The van der Waals surface area contributed by atoms with Crippen LogP contribution in [0.1, 0.15) is 49.5 Å². The van der Waals surface area contributed by atoms with E-state index in [9.17, 15) is 9.59 Å². The second-order valence-electron chi connectivity index (χ2n) is 7.24. The monoisotopic (exact) mass is 388 g/mol. The van der Waals surface area contributed by atoms with Crippen molar-refractivity contribution in [3.05, 3.63) is 64.7 Å². The molecule has 0 unspecified atom stereocenters. The molecule has 2 amide bonds. The van der Waals surface area contributed by atoms with Gasteiger partial charge < -0.3 is 4.74 Å². The first-order valence-electron chi connectivity index (χ1n) is 8.84. The summed E-state index contributed by atoms with van der Waals surface area (Å²) in [6.07, 6.45) is 0.796. The maximum atomic E-state index is 11.9. The Morgan fingerprint density at radius 1 is 0.963 bits per heavy atom. The molecule has 0 heterocycles. The molecular weight excluding hydrogens is 364 g/mol. The van der Waals surface area contributed by atoms with E-state index in [-0.39, 0.29) is 17.7 Å². The first-order valence-corrected chi connectivity index (χ1v) is 9.21. The summed E-state index contributed by atoms with van der Waals surface area (Å²) in [5.74, 6) is 0.110. The van der Waals surface area contributed by atoms with Crippen LogP contribution in [0.3, 0.4) is 0 Å². The molecule has 0 aliphatic heterocycles. The van der Waals surface area contributed by atoms with Gasteiger partial charge in [0, 0.05) is 17.0 Å². The highest BCUT2D eigenvalue weighted by Crippen LogP contribution is 2.24. The molecule has 2 aromatic carbocycles. The summed E-state index contributed by atoms with van der Waals surface area (Å²) in [5.41, 5.74) is 6.53. The first kappa shape index (κ1) is 20.8. The van der Waals surface area contributed by atoms with E-state index in [0.29, 0.717) is 23.6 Å². The number of hydrazine groups is 1. The third-order valence-corrected chi connectivity index (χ3v) is 4.21. The normalized spacial score (nSPS) is 11.0. The molecule has 0 bridgehead atoms. The van der Waals surface area contributed by atoms with Gasteiger partial charge in [-0.3, -0.25) is 20.4 Å². The average molecular weight is 389 g/mol. The number of halogens is 1. The van der Waals surface area contributed by atoms with Gasteiger partial charge in [0.15, 0.2) is 0 Å². The van der Waals surface area contributed by atoms with Crippen LogP contribution in [-0.2, 0) is 10.2 Å². The maximum absolute atomic E-state index is 11.9. The van der Waals surface area contributed by atoms with Gasteiger partial charge in [0.1, 0.15) is 5.75 Å². The topological polar surface area (TPSA) is 67.4 Å². The smallest absolute Gasteiger partial charge is 0.269 e. The van der Waals surface area contributed by atoms with E-state index in [1.165, 1.54) is 5.56 Å². The lowest BCUT2D eigenvalue weighted by Crippen LogP contribution is -2.41. The van der Waals surface area contributed by atoms with Crippen LogP contribution < -0.4 is 15.6 Å². The van der Waals surface area contributed by atoms with Crippen LogP contribution in [0.25, 0.3) is 0 Å². The highest BCUT2D eigenvalue weighted by molar-refractivity contribution is 6.30. The number of rotatable bonds is 6. The summed E-state index contributed by atoms with van der Waals surface area (Å²) in [6.45, 7) is 6.90. The van der Waals surface area contributed by atoms with Gasteiger partial charge in [-0.05, 0) is 53.8 Å². The van der Waals surface area contributed by atoms with Crippen molar-refractivity contribution in [1.82, 2.24) is 10.9 Å². The summed E-state index contributed by atoms with van der Waals surface area (Å²) in [7, 11) is 0. The predicted molar refractivity (Wildman–Crippen MR) is 107 cm³/mol. The van der Waals surface area contributed by atoms with E-state index < -0.39 is 5.91 Å². The van der Waals surface area contributed by atoms with Gasteiger partial charge in [-0.2, -0.15) is 0 Å². The lowest BCUT2D eigenvalue weighted by molar-refractivity contribution is -0.122. The van der Waals surface area contributed by atoms with Crippen LogP contribution in [-0.4, -0.2) is 18.4 Å². The number of benzene rings is 2. The Kier molecular flexibility index (Phi) is 7.25. The minimum Gasteiger partial charge on any atom is -0.494 e. The summed E-state index contributed by atoms with van der Waals surface area (Å²) >= 11 is 5.77. The molecule has 0 radical (unpaired) electrons. The number of nitrogens with one attached hydrogen (secondary N) is 2. The van der Waals surface area contributed by atoms with Crippen molar-refractivity contribution in [2.45, 2.75) is 39.0 Å². The van der Waals surface area contributed by atoms with E-state index in [0.717, 1.165) is 5.75 Å². The molecule has 0 aromatic heterocycles. The summed E-state index contributed by atoms with van der Waals surface area (Å²) < 4.78 is 5.65. The lowest BCUT2D eigenvalue weighted by atomic mass is 9.87. The van der Waals surface area contributed by atoms with Crippen LogP contribution in [0.15, 0.2) is 48.5 Å². The molecule has 0 saturated carbocycles. The van der Waals surface area contributed by atoms with Crippen molar-refractivity contribution in [1.29, 1.82) is 0 Å². The predicted octanol–water partition coefficient (Wildman–Crippen LogP) is 4.26. The van der Waals surface area contributed by atoms with Crippen molar-refractivity contribution in [2.75, 3.05) is 6.61 Å². The number of ether oxygens (including phenoxy) is 1. The van der Waals surface area contributed by atoms with Crippen molar-refractivity contribution in [3.63, 3.8) is 0 Å².